The number of phenols is 2. The highest BCUT2D eigenvalue weighted by Gasteiger charge is 2.11. The third kappa shape index (κ3) is 4.05. The molecule has 0 saturated carbocycles. The van der Waals surface area contributed by atoms with E-state index >= 15 is 0 Å². The van der Waals surface area contributed by atoms with Crippen molar-refractivity contribution in [1.29, 1.82) is 5.26 Å². The Bertz CT molecular complexity index is 1230. The first-order chi connectivity index (χ1) is 14.6. The monoisotopic (exact) mass is 398 g/mol. The van der Waals surface area contributed by atoms with Gasteiger partial charge in [-0.1, -0.05) is 12.1 Å². The predicted octanol–water partition coefficient (Wildman–Crippen LogP) is 3.50. The van der Waals surface area contributed by atoms with Crippen LogP contribution in [0, 0.1) is 11.3 Å². The number of para-hydroxylation sites is 1. The number of benzene rings is 2. The molecule has 0 amide bonds. The average molecular weight is 398 g/mol. The number of pyridine rings is 1. The lowest BCUT2D eigenvalue weighted by Gasteiger charge is -2.12. The molecule has 8 heteroatoms. The predicted molar refractivity (Wildman–Crippen MR) is 114 cm³/mol. The summed E-state index contributed by atoms with van der Waals surface area (Å²) in [5.74, 6) is 1.37. The third-order valence-electron chi connectivity index (χ3n) is 4.45. The van der Waals surface area contributed by atoms with E-state index in [0.29, 0.717) is 41.7 Å². The average Bonchev–Trinajstić information content (AvgIpc) is 2.78. The number of nitriles is 1. The number of nitrogens with zero attached hydrogens (tertiary/aromatic N) is 4. The first-order valence-electron chi connectivity index (χ1n) is 9.27. The summed E-state index contributed by atoms with van der Waals surface area (Å²) < 4.78 is 0. The molecule has 4 aromatic rings. The van der Waals surface area contributed by atoms with Gasteiger partial charge in [-0.3, -0.25) is 0 Å². The van der Waals surface area contributed by atoms with Crippen LogP contribution in [0.1, 0.15) is 5.56 Å². The SMILES string of the molecule is N#Cc1ccc(NCCNc2nc(-c3ccc(O)c(O)c3)nc3ccccc23)nc1. The van der Waals surface area contributed by atoms with Gasteiger partial charge in [0.2, 0.25) is 0 Å². The Labute approximate surface area is 172 Å². The smallest absolute Gasteiger partial charge is 0.162 e. The molecular formula is C22H18N6O2. The van der Waals surface area contributed by atoms with E-state index in [1.165, 1.54) is 18.3 Å². The van der Waals surface area contributed by atoms with Crippen molar-refractivity contribution >= 4 is 22.5 Å². The molecule has 4 rings (SSSR count). The Hall–Kier alpha value is -4.38. The normalized spacial score (nSPS) is 10.5. The van der Waals surface area contributed by atoms with Gasteiger partial charge in [0.25, 0.3) is 0 Å². The lowest BCUT2D eigenvalue weighted by Crippen LogP contribution is -2.15. The standard InChI is InChI=1S/C22H18N6O2/c23-12-14-5-8-20(26-13-14)24-9-10-25-22-16-3-1-2-4-17(16)27-21(28-22)15-6-7-18(29)19(30)11-15/h1-8,11,13,29-30H,9-10H2,(H,24,26)(H,25,27,28). The topological polar surface area (TPSA) is 127 Å². The molecule has 4 N–H and O–H groups in total. The Balaban J connectivity index is 1.53. The van der Waals surface area contributed by atoms with Crippen LogP contribution >= 0.6 is 0 Å². The van der Waals surface area contributed by atoms with Gasteiger partial charge in [-0.05, 0) is 42.5 Å². The summed E-state index contributed by atoms with van der Waals surface area (Å²) in [6, 6.07) is 17.6. The van der Waals surface area contributed by atoms with Crippen molar-refractivity contribution in [1.82, 2.24) is 15.0 Å². The molecule has 0 fully saturated rings. The van der Waals surface area contributed by atoms with E-state index in [9.17, 15) is 10.2 Å². The minimum absolute atomic E-state index is 0.194. The fourth-order valence-corrected chi connectivity index (χ4v) is 2.94. The zero-order valence-electron chi connectivity index (χ0n) is 15.9. The number of fused-ring (bicyclic) bond motifs is 1. The van der Waals surface area contributed by atoms with Gasteiger partial charge in [0.15, 0.2) is 17.3 Å². The second-order valence-electron chi connectivity index (χ2n) is 6.51. The molecular weight excluding hydrogens is 380 g/mol. The maximum Gasteiger partial charge on any atom is 0.162 e. The second-order valence-corrected chi connectivity index (χ2v) is 6.51. The van der Waals surface area contributed by atoms with E-state index in [0.717, 1.165) is 10.9 Å². The lowest BCUT2D eigenvalue weighted by atomic mass is 10.1. The van der Waals surface area contributed by atoms with Crippen LogP contribution in [0.2, 0.25) is 0 Å². The lowest BCUT2D eigenvalue weighted by molar-refractivity contribution is 0.404. The zero-order valence-corrected chi connectivity index (χ0v) is 15.9. The maximum absolute atomic E-state index is 9.81. The Morgan fingerprint density at radius 1 is 0.900 bits per heavy atom. The van der Waals surface area contributed by atoms with E-state index in [1.54, 1.807) is 18.2 Å². The van der Waals surface area contributed by atoms with Gasteiger partial charge >= 0.3 is 0 Å². The fraction of sp³-hybridized carbons (Fsp3) is 0.0909. The molecule has 2 aromatic carbocycles. The molecule has 0 aliphatic carbocycles. The number of hydrogen-bond donors (Lipinski definition) is 4. The Morgan fingerprint density at radius 3 is 2.50 bits per heavy atom. The number of aromatic nitrogens is 3. The van der Waals surface area contributed by atoms with E-state index in [2.05, 4.69) is 25.6 Å². The molecule has 0 unspecified atom stereocenters. The van der Waals surface area contributed by atoms with Crippen molar-refractivity contribution in [3.05, 3.63) is 66.4 Å². The highest BCUT2D eigenvalue weighted by molar-refractivity contribution is 5.90. The van der Waals surface area contributed by atoms with Crippen LogP contribution in [0.5, 0.6) is 11.5 Å². The van der Waals surface area contributed by atoms with Gasteiger partial charge in [0, 0.05) is 30.2 Å². The Morgan fingerprint density at radius 2 is 1.73 bits per heavy atom. The molecule has 0 atom stereocenters. The number of hydrogen-bond acceptors (Lipinski definition) is 8. The molecule has 2 heterocycles. The summed E-state index contributed by atoms with van der Waals surface area (Å²) >= 11 is 0. The van der Waals surface area contributed by atoms with Crippen LogP contribution in [0.4, 0.5) is 11.6 Å². The molecule has 30 heavy (non-hydrogen) atoms. The molecule has 0 saturated heterocycles. The van der Waals surface area contributed by atoms with Crippen molar-refractivity contribution in [2.75, 3.05) is 23.7 Å². The highest BCUT2D eigenvalue weighted by atomic mass is 16.3. The molecule has 0 aliphatic rings. The van der Waals surface area contributed by atoms with E-state index in [1.807, 2.05) is 30.3 Å². The molecule has 8 nitrogen and oxygen atoms in total. The minimum atomic E-state index is -0.224. The number of rotatable bonds is 6. The number of phenolic OH excluding ortho intramolecular Hbond substituents is 2. The van der Waals surface area contributed by atoms with E-state index in [-0.39, 0.29) is 11.5 Å². The van der Waals surface area contributed by atoms with Crippen molar-refractivity contribution in [2.24, 2.45) is 0 Å². The largest absolute Gasteiger partial charge is 0.504 e. The molecule has 0 spiro atoms. The van der Waals surface area contributed by atoms with Gasteiger partial charge in [0.1, 0.15) is 17.7 Å². The van der Waals surface area contributed by atoms with Crippen molar-refractivity contribution in [2.45, 2.75) is 0 Å². The summed E-state index contributed by atoms with van der Waals surface area (Å²) in [5.41, 5.74) is 1.87. The molecule has 2 aromatic heterocycles. The van der Waals surface area contributed by atoms with Gasteiger partial charge in [-0.15, -0.1) is 0 Å². The van der Waals surface area contributed by atoms with Crippen molar-refractivity contribution < 1.29 is 10.2 Å². The summed E-state index contributed by atoms with van der Waals surface area (Å²) in [4.78, 5) is 13.4. The Kier molecular flexibility index (Phi) is 5.26. The minimum Gasteiger partial charge on any atom is -0.504 e. The van der Waals surface area contributed by atoms with Gasteiger partial charge < -0.3 is 20.8 Å². The van der Waals surface area contributed by atoms with Gasteiger partial charge in [-0.25, -0.2) is 15.0 Å². The molecule has 148 valence electrons. The quantitative estimate of drug-likeness (QED) is 0.287. The van der Waals surface area contributed by atoms with Crippen LogP contribution in [0.15, 0.2) is 60.8 Å². The summed E-state index contributed by atoms with van der Waals surface area (Å²) in [6.45, 7) is 1.16. The van der Waals surface area contributed by atoms with Gasteiger partial charge in [0.05, 0.1) is 11.1 Å². The first-order valence-corrected chi connectivity index (χ1v) is 9.27. The van der Waals surface area contributed by atoms with Crippen molar-refractivity contribution in [3.63, 3.8) is 0 Å². The maximum atomic E-state index is 9.81. The van der Waals surface area contributed by atoms with Crippen LogP contribution in [-0.2, 0) is 0 Å². The van der Waals surface area contributed by atoms with Crippen LogP contribution in [0.25, 0.3) is 22.3 Å². The second kappa shape index (κ2) is 8.32. The fourth-order valence-electron chi connectivity index (χ4n) is 2.94. The number of anilines is 2. The van der Waals surface area contributed by atoms with Crippen LogP contribution < -0.4 is 10.6 Å². The van der Waals surface area contributed by atoms with Gasteiger partial charge in [-0.2, -0.15) is 5.26 Å². The van der Waals surface area contributed by atoms with E-state index in [4.69, 9.17) is 5.26 Å². The number of nitrogens with one attached hydrogen (secondary N) is 2. The number of aromatic hydroxyl groups is 2. The van der Waals surface area contributed by atoms with Crippen LogP contribution in [0.3, 0.4) is 0 Å². The molecule has 0 bridgehead atoms. The summed E-state index contributed by atoms with van der Waals surface area (Å²) in [7, 11) is 0. The molecule has 0 radical (unpaired) electrons. The third-order valence-corrected chi connectivity index (χ3v) is 4.45. The highest BCUT2D eigenvalue weighted by Crippen LogP contribution is 2.31. The summed E-state index contributed by atoms with van der Waals surface area (Å²) in [5, 5.41) is 35.6. The molecule has 0 aliphatic heterocycles. The van der Waals surface area contributed by atoms with Crippen molar-refractivity contribution in [3.8, 4) is 29.0 Å². The zero-order chi connectivity index (χ0) is 20.9. The first kappa shape index (κ1) is 19.0. The van der Waals surface area contributed by atoms with Crippen LogP contribution in [-0.4, -0.2) is 38.3 Å². The van der Waals surface area contributed by atoms with E-state index < -0.39 is 0 Å². The summed E-state index contributed by atoms with van der Waals surface area (Å²) in [6.07, 6.45) is 1.52.